The third-order valence-corrected chi connectivity index (χ3v) is 3.34. The van der Waals surface area contributed by atoms with E-state index in [1.165, 1.54) is 0 Å². The number of ether oxygens (including phenoxy) is 1. The van der Waals surface area contributed by atoms with Crippen LogP contribution in [0.25, 0.3) is 0 Å². The fourth-order valence-electron chi connectivity index (χ4n) is 2.10. The van der Waals surface area contributed by atoms with Crippen LogP contribution in [0.5, 0.6) is 5.75 Å². The van der Waals surface area contributed by atoms with Gasteiger partial charge in [-0.15, -0.1) is 0 Å². The Morgan fingerprint density at radius 2 is 1.84 bits per heavy atom. The summed E-state index contributed by atoms with van der Waals surface area (Å²) in [5.74, 6) is 0.504. The third kappa shape index (κ3) is 2.42. The molecule has 0 bridgehead atoms. The van der Waals surface area contributed by atoms with Crippen LogP contribution >= 0.6 is 11.6 Å². The molecule has 0 aliphatic carbocycles. The summed E-state index contributed by atoms with van der Waals surface area (Å²) in [6, 6.07) is 14.7. The zero-order chi connectivity index (χ0) is 13.2. The van der Waals surface area contributed by atoms with Gasteiger partial charge in [-0.1, -0.05) is 35.9 Å². The van der Waals surface area contributed by atoms with Crippen LogP contribution in [0.3, 0.4) is 0 Å². The first-order chi connectivity index (χ1) is 9.24. The second-order valence-corrected chi connectivity index (χ2v) is 4.80. The first-order valence-corrected chi connectivity index (χ1v) is 6.41. The largest absolute Gasteiger partial charge is 0.483 e. The fourth-order valence-corrected chi connectivity index (χ4v) is 2.22. The second kappa shape index (κ2) is 4.94. The minimum Gasteiger partial charge on any atom is -0.483 e. The van der Waals surface area contributed by atoms with E-state index in [1.54, 1.807) is 6.07 Å². The quantitative estimate of drug-likeness (QED) is 0.866. The molecule has 1 amide bonds. The van der Waals surface area contributed by atoms with Crippen LogP contribution in [0.1, 0.15) is 22.0 Å². The number of para-hydroxylation sites is 1. The summed E-state index contributed by atoms with van der Waals surface area (Å²) in [6.45, 7) is 0.440. The molecule has 96 valence electrons. The molecule has 1 aliphatic rings. The van der Waals surface area contributed by atoms with Crippen LogP contribution in [0, 0.1) is 0 Å². The highest BCUT2D eigenvalue weighted by Gasteiger charge is 2.23. The van der Waals surface area contributed by atoms with Crippen molar-refractivity contribution in [2.24, 2.45) is 0 Å². The monoisotopic (exact) mass is 273 g/mol. The molecule has 2 aromatic carbocycles. The number of hydrogen-bond acceptors (Lipinski definition) is 2. The van der Waals surface area contributed by atoms with Gasteiger partial charge in [0, 0.05) is 5.02 Å². The molecule has 3 rings (SSSR count). The van der Waals surface area contributed by atoms with E-state index in [4.69, 9.17) is 16.3 Å². The van der Waals surface area contributed by atoms with Gasteiger partial charge in [0.2, 0.25) is 0 Å². The molecule has 1 atom stereocenters. The molecule has 0 radical (unpaired) electrons. The number of hydrogen-bond donors (Lipinski definition) is 1. The lowest BCUT2D eigenvalue weighted by molar-refractivity contribution is 0.0951. The summed E-state index contributed by atoms with van der Waals surface area (Å²) in [5, 5.41) is 3.55. The Bertz CT molecular complexity index is 610. The number of amides is 1. The predicted octanol–water partition coefficient (Wildman–Crippen LogP) is 3.20. The van der Waals surface area contributed by atoms with Gasteiger partial charge in [-0.3, -0.25) is 4.79 Å². The van der Waals surface area contributed by atoms with Crippen LogP contribution in [0.4, 0.5) is 0 Å². The summed E-state index contributed by atoms with van der Waals surface area (Å²) in [5.41, 5.74) is 1.56. The molecule has 0 aromatic heterocycles. The topological polar surface area (TPSA) is 38.3 Å². The van der Waals surface area contributed by atoms with Crippen molar-refractivity contribution in [3.8, 4) is 5.75 Å². The Labute approximate surface area is 116 Å². The lowest BCUT2D eigenvalue weighted by Crippen LogP contribution is -2.26. The molecule has 1 heterocycles. The molecule has 1 N–H and O–H groups in total. The highest BCUT2D eigenvalue weighted by atomic mass is 35.5. The average molecular weight is 274 g/mol. The number of halogens is 1. The van der Waals surface area contributed by atoms with E-state index in [9.17, 15) is 4.79 Å². The molecule has 0 saturated carbocycles. The van der Waals surface area contributed by atoms with E-state index < -0.39 is 0 Å². The van der Waals surface area contributed by atoms with Crippen LogP contribution in [-0.4, -0.2) is 12.5 Å². The summed E-state index contributed by atoms with van der Waals surface area (Å²) >= 11 is 5.88. The summed E-state index contributed by atoms with van der Waals surface area (Å²) in [7, 11) is 0. The van der Waals surface area contributed by atoms with Crippen LogP contribution in [-0.2, 0) is 0 Å². The minimum absolute atomic E-state index is 0.105. The van der Waals surface area contributed by atoms with Crippen molar-refractivity contribution in [1.29, 1.82) is 0 Å². The van der Waals surface area contributed by atoms with Crippen molar-refractivity contribution < 1.29 is 9.53 Å². The molecule has 0 unspecified atom stereocenters. The SMILES string of the molecule is O=C1NC[C@@H](c2ccc(Cl)cc2)Oc2ccccc21. The van der Waals surface area contributed by atoms with Crippen LogP contribution < -0.4 is 10.1 Å². The van der Waals surface area contributed by atoms with E-state index in [0.29, 0.717) is 22.9 Å². The van der Waals surface area contributed by atoms with Gasteiger partial charge < -0.3 is 10.1 Å². The zero-order valence-corrected chi connectivity index (χ0v) is 10.9. The van der Waals surface area contributed by atoms with Gasteiger partial charge in [0.1, 0.15) is 11.9 Å². The summed E-state index contributed by atoms with van der Waals surface area (Å²) < 4.78 is 5.93. The van der Waals surface area contributed by atoms with Crippen LogP contribution in [0.15, 0.2) is 48.5 Å². The maximum Gasteiger partial charge on any atom is 0.255 e. The third-order valence-electron chi connectivity index (χ3n) is 3.09. The lowest BCUT2D eigenvalue weighted by Gasteiger charge is -2.17. The van der Waals surface area contributed by atoms with Gasteiger partial charge in [-0.25, -0.2) is 0 Å². The van der Waals surface area contributed by atoms with Gasteiger partial charge >= 0.3 is 0 Å². The lowest BCUT2D eigenvalue weighted by atomic mass is 10.1. The average Bonchev–Trinajstić information content (AvgIpc) is 2.60. The molecule has 0 saturated heterocycles. The first-order valence-electron chi connectivity index (χ1n) is 6.03. The molecule has 1 aliphatic heterocycles. The van der Waals surface area contributed by atoms with Crippen molar-refractivity contribution in [3.05, 3.63) is 64.7 Å². The Kier molecular flexibility index (Phi) is 3.13. The van der Waals surface area contributed by atoms with Gasteiger partial charge in [0.25, 0.3) is 5.91 Å². The molecule has 19 heavy (non-hydrogen) atoms. The number of fused-ring (bicyclic) bond motifs is 1. The molecular weight excluding hydrogens is 262 g/mol. The maximum atomic E-state index is 11.9. The van der Waals surface area contributed by atoms with Crippen molar-refractivity contribution in [3.63, 3.8) is 0 Å². The van der Waals surface area contributed by atoms with E-state index in [2.05, 4.69) is 5.32 Å². The van der Waals surface area contributed by atoms with Crippen molar-refractivity contribution >= 4 is 17.5 Å². The maximum absolute atomic E-state index is 11.9. The summed E-state index contributed by atoms with van der Waals surface area (Å²) in [6.07, 6.45) is -0.204. The number of carbonyl (C=O) groups is 1. The Morgan fingerprint density at radius 1 is 1.11 bits per heavy atom. The van der Waals surface area contributed by atoms with Gasteiger partial charge in [-0.05, 0) is 29.8 Å². The van der Waals surface area contributed by atoms with E-state index in [1.807, 2.05) is 42.5 Å². The normalized spacial score (nSPS) is 17.9. The molecule has 2 aromatic rings. The smallest absolute Gasteiger partial charge is 0.255 e. The Hall–Kier alpha value is -2.00. The molecule has 0 spiro atoms. The second-order valence-electron chi connectivity index (χ2n) is 4.36. The number of rotatable bonds is 1. The Balaban J connectivity index is 1.94. The summed E-state index contributed by atoms with van der Waals surface area (Å²) in [4.78, 5) is 11.9. The van der Waals surface area contributed by atoms with E-state index >= 15 is 0 Å². The van der Waals surface area contributed by atoms with Gasteiger partial charge in [0.15, 0.2) is 0 Å². The minimum atomic E-state index is -0.204. The van der Waals surface area contributed by atoms with Gasteiger partial charge in [0.05, 0.1) is 12.1 Å². The molecule has 3 nitrogen and oxygen atoms in total. The van der Waals surface area contributed by atoms with E-state index in [-0.39, 0.29) is 12.0 Å². The number of nitrogens with one attached hydrogen (secondary N) is 1. The zero-order valence-electron chi connectivity index (χ0n) is 10.1. The molecule has 0 fully saturated rings. The Morgan fingerprint density at radius 3 is 2.63 bits per heavy atom. The predicted molar refractivity (Wildman–Crippen MR) is 73.6 cm³/mol. The van der Waals surface area contributed by atoms with Gasteiger partial charge in [-0.2, -0.15) is 0 Å². The molecule has 4 heteroatoms. The van der Waals surface area contributed by atoms with E-state index in [0.717, 1.165) is 5.56 Å². The number of carbonyl (C=O) groups excluding carboxylic acids is 1. The highest BCUT2D eigenvalue weighted by molar-refractivity contribution is 6.30. The highest BCUT2D eigenvalue weighted by Crippen LogP contribution is 2.28. The fraction of sp³-hybridized carbons (Fsp3) is 0.133. The van der Waals surface area contributed by atoms with Crippen molar-refractivity contribution in [1.82, 2.24) is 5.32 Å². The number of benzene rings is 2. The standard InChI is InChI=1S/C15H12ClNO2/c16-11-7-5-10(6-8-11)14-9-17-15(18)12-3-1-2-4-13(12)19-14/h1-8,14H,9H2,(H,17,18)/t14-/m0/s1. The van der Waals surface area contributed by atoms with Crippen LogP contribution in [0.2, 0.25) is 5.02 Å². The van der Waals surface area contributed by atoms with Crippen molar-refractivity contribution in [2.75, 3.05) is 6.54 Å². The molecular formula is C15H12ClNO2. The van der Waals surface area contributed by atoms with Crippen molar-refractivity contribution in [2.45, 2.75) is 6.10 Å². The first kappa shape index (κ1) is 12.1.